The lowest BCUT2D eigenvalue weighted by Gasteiger charge is -2.09. The highest BCUT2D eigenvalue weighted by atomic mass is 16.2. The Bertz CT molecular complexity index is 724. The molecule has 0 atom stereocenters. The predicted octanol–water partition coefficient (Wildman–Crippen LogP) is -0.142. The maximum absolute atomic E-state index is 12.1. The van der Waals surface area contributed by atoms with Gasteiger partial charge in [0, 0.05) is 25.7 Å². The van der Waals surface area contributed by atoms with Crippen LogP contribution in [0.1, 0.15) is 26.8 Å². The zero-order chi connectivity index (χ0) is 14.9. The molecule has 0 radical (unpaired) electrons. The van der Waals surface area contributed by atoms with Gasteiger partial charge in [0.05, 0.1) is 0 Å². The van der Waals surface area contributed by atoms with E-state index in [1.54, 1.807) is 4.57 Å². The van der Waals surface area contributed by atoms with Gasteiger partial charge in [-0.2, -0.15) is 4.98 Å². The van der Waals surface area contributed by atoms with Crippen LogP contribution in [0.2, 0.25) is 0 Å². The quantitative estimate of drug-likeness (QED) is 0.706. The van der Waals surface area contributed by atoms with E-state index in [0.29, 0.717) is 36.7 Å². The first-order valence-corrected chi connectivity index (χ1v) is 6.70. The zero-order valence-corrected chi connectivity index (χ0v) is 11.9. The first-order chi connectivity index (χ1) is 9.51. The fraction of sp³-hybridized carbons (Fsp3) is 0.583. The minimum Gasteiger partial charge on any atom is -0.354 e. The highest BCUT2D eigenvalue weighted by Gasteiger charge is 2.18. The summed E-state index contributed by atoms with van der Waals surface area (Å²) in [6.45, 7) is 7.24. The lowest BCUT2D eigenvalue weighted by atomic mass is 10.3. The van der Waals surface area contributed by atoms with Crippen molar-refractivity contribution in [2.45, 2.75) is 33.4 Å². The van der Waals surface area contributed by atoms with Crippen LogP contribution in [0.15, 0.2) is 9.59 Å². The van der Waals surface area contributed by atoms with E-state index >= 15 is 0 Å². The number of aromatic amines is 1. The normalized spacial score (nSPS) is 11.4. The Morgan fingerprint density at radius 1 is 1.40 bits per heavy atom. The van der Waals surface area contributed by atoms with E-state index < -0.39 is 11.2 Å². The van der Waals surface area contributed by atoms with Gasteiger partial charge in [0.25, 0.3) is 5.56 Å². The summed E-state index contributed by atoms with van der Waals surface area (Å²) in [6, 6.07) is -0.0931. The smallest absolute Gasteiger partial charge is 0.330 e. The summed E-state index contributed by atoms with van der Waals surface area (Å²) in [5.41, 5.74) is 5.41. The van der Waals surface area contributed by atoms with Gasteiger partial charge in [-0.3, -0.25) is 14.3 Å². The number of nitrogens with zero attached hydrogens (tertiary/aromatic N) is 3. The van der Waals surface area contributed by atoms with Crippen molar-refractivity contribution in [3.05, 3.63) is 20.8 Å². The summed E-state index contributed by atoms with van der Waals surface area (Å²) in [6.07, 6.45) is 0. The zero-order valence-electron chi connectivity index (χ0n) is 11.9. The van der Waals surface area contributed by atoms with Crippen molar-refractivity contribution in [3.8, 4) is 0 Å². The SMILES string of the molecule is CCn1c(NCCN)nc2c1c(=O)[nH]c(=O)n2C(C)C. The number of rotatable bonds is 5. The molecule has 0 aliphatic carbocycles. The number of aromatic nitrogens is 4. The number of anilines is 1. The molecule has 2 aromatic rings. The maximum atomic E-state index is 12.1. The van der Waals surface area contributed by atoms with Crippen LogP contribution in [0.4, 0.5) is 5.95 Å². The number of imidazole rings is 1. The molecule has 0 unspecified atom stereocenters. The lowest BCUT2D eigenvalue weighted by Crippen LogP contribution is -2.32. The molecule has 0 aliphatic heterocycles. The molecule has 8 heteroatoms. The maximum Gasteiger partial charge on any atom is 0.330 e. The Hall–Kier alpha value is -2.09. The average Bonchev–Trinajstić information content (AvgIpc) is 2.74. The molecule has 2 heterocycles. The topological polar surface area (TPSA) is 111 Å². The van der Waals surface area contributed by atoms with Gasteiger partial charge in [-0.1, -0.05) is 0 Å². The second kappa shape index (κ2) is 5.49. The van der Waals surface area contributed by atoms with Crippen molar-refractivity contribution in [1.82, 2.24) is 19.1 Å². The fourth-order valence-corrected chi connectivity index (χ4v) is 2.25. The van der Waals surface area contributed by atoms with Gasteiger partial charge in [0.1, 0.15) is 0 Å². The standard InChI is InChI=1S/C12H20N6O2/c1-4-17-8-9(15-11(17)14-6-5-13)18(7(2)3)12(20)16-10(8)19/h7H,4-6,13H2,1-3H3,(H,14,15)(H,16,19,20). The Balaban J connectivity index is 2.81. The third-order valence-electron chi connectivity index (χ3n) is 3.09. The number of H-pyrrole nitrogens is 1. The number of nitrogens with one attached hydrogen (secondary N) is 2. The first kappa shape index (κ1) is 14.3. The van der Waals surface area contributed by atoms with E-state index in [1.165, 1.54) is 4.57 Å². The molecule has 0 fully saturated rings. The van der Waals surface area contributed by atoms with Crippen molar-refractivity contribution in [2.75, 3.05) is 18.4 Å². The summed E-state index contributed by atoms with van der Waals surface area (Å²) < 4.78 is 3.23. The van der Waals surface area contributed by atoms with Crippen LogP contribution in [0.3, 0.4) is 0 Å². The molecule has 8 nitrogen and oxygen atoms in total. The predicted molar refractivity (Wildman–Crippen MR) is 78.2 cm³/mol. The van der Waals surface area contributed by atoms with Crippen molar-refractivity contribution < 1.29 is 0 Å². The average molecular weight is 280 g/mol. The Kier molecular flexibility index (Phi) is 3.93. The van der Waals surface area contributed by atoms with Gasteiger partial charge < -0.3 is 15.6 Å². The van der Waals surface area contributed by atoms with Gasteiger partial charge in [0.15, 0.2) is 11.2 Å². The van der Waals surface area contributed by atoms with Gasteiger partial charge >= 0.3 is 5.69 Å². The Labute approximate surface area is 115 Å². The number of fused-ring (bicyclic) bond motifs is 1. The van der Waals surface area contributed by atoms with Crippen LogP contribution in [-0.2, 0) is 6.54 Å². The molecule has 0 saturated heterocycles. The van der Waals surface area contributed by atoms with E-state index in [1.807, 2.05) is 20.8 Å². The van der Waals surface area contributed by atoms with Crippen molar-refractivity contribution in [2.24, 2.45) is 5.73 Å². The molecule has 0 aromatic carbocycles. The molecular weight excluding hydrogens is 260 g/mol. The van der Waals surface area contributed by atoms with Crippen molar-refractivity contribution in [1.29, 1.82) is 0 Å². The third-order valence-corrected chi connectivity index (χ3v) is 3.09. The van der Waals surface area contributed by atoms with Crippen LogP contribution in [-0.4, -0.2) is 32.2 Å². The number of hydrogen-bond acceptors (Lipinski definition) is 5. The Morgan fingerprint density at radius 3 is 2.65 bits per heavy atom. The van der Waals surface area contributed by atoms with E-state index in [4.69, 9.17) is 5.73 Å². The minimum atomic E-state index is -0.441. The molecule has 0 aliphatic rings. The second-order valence-electron chi connectivity index (χ2n) is 4.79. The van der Waals surface area contributed by atoms with Crippen LogP contribution in [0.25, 0.3) is 11.2 Å². The highest BCUT2D eigenvalue weighted by molar-refractivity contribution is 5.74. The molecule has 0 bridgehead atoms. The summed E-state index contributed by atoms with van der Waals surface area (Å²) >= 11 is 0. The van der Waals surface area contributed by atoms with Crippen LogP contribution < -0.4 is 22.3 Å². The van der Waals surface area contributed by atoms with E-state index in [0.717, 1.165) is 0 Å². The monoisotopic (exact) mass is 280 g/mol. The molecule has 20 heavy (non-hydrogen) atoms. The van der Waals surface area contributed by atoms with Crippen LogP contribution >= 0.6 is 0 Å². The molecule has 4 N–H and O–H groups in total. The van der Waals surface area contributed by atoms with Crippen LogP contribution in [0, 0.1) is 0 Å². The molecular formula is C12H20N6O2. The fourth-order valence-electron chi connectivity index (χ4n) is 2.25. The summed E-state index contributed by atoms with van der Waals surface area (Å²) in [5, 5.41) is 3.07. The van der Waals surface area contributed by atoms with Gasteiger partial charge in [0.2, 0.25) is 5.95 Å². The van der Waals surface area contributed by atoms with E-state index in [-0.39, 0.29) is 6.04 Å². The number of nitrogens with two attached hydrogens (primary N) is 1. The largest absolute Gasteiger partial charge is 0.354 e. The Morgan fingerprint density at radius 2 is 2.10 bits per heavy atom. The van der Waals surface area contributed by atoms with Crippen molar-refractivity contribution >= 4 is 17.1 Å². The van der Waals surface area contributed by atoms with E-state index in [2.05, 4.69) is 15.3 Å². The first-order valence-electron chi connectivity index (χ1n) is 6.70. The van der Waals surface area contributed by atoms with Crippen molar-refractivity contribution in [3.63, 3.8) is 0 Å². The summed E-state index contributed by atoms with van der Waals surface area (Å²) in [7, 11) is 0. The highest BCUT2D eigenvalue weighted by Crippen LogP contribution is 2.17. The molecule has 0 saturated carbocycles. The van der Waals surface area contributed by atoms with Gasteiger partial charge in [-0.15, -0.1) is 0 Å². The van der Waals surface area contributed by atoms with E-state index in [9.17, 15) is 9.59 Å². The minimum absolute atomic E-state index is 0.0931. The molecule has 2 rings (SSSR count). The second-order valence-corrected chi connectivity index (χ2v) is 4.79. The summed E-state index contributed by atoms with van der Waals surface area (Å²) in [5.74, 6) is 0.554. The third kappa shape index (κ3) is 2.22. The lowest BCUT2D eigenvalue weighted by molar-refractivity contribution is 0.580. The number of hydrogen-bond donors (Lipinski definition) is 3. The van der Waals surface area contributed by atoms with Crippen LogP contribution in [0.5, 0.6) is 0 Å². The molecule has 0 amide bonds. The van der Waals surface area contributed by atoms with Gasteiger partial charge in [-0.25, -0.2) is 4.79 Å². The molecule has 0 spiro atoms. The van der Waals surface area contributed by atoms with Gasteiger partial charge in [-0.05, 0) is 20.8 Å². The summed E-state index contributed by atoms with van der Waals surface area (Å²) in [4.78, 5) is 30.7. The number of aryl methyl sites for hydroxylation is 1. The molecule has 110 valence electrons. The molecule has 2 aromatic heterocycles.